The fourth-order valence-electron chi connectivity index (χ4n) is 1.04. The number of hydrogen-bond acceptors (Lipinski definition) is 1. The third-order valence-electron chi connectivity index (χ3n) is 1.58. The van der Waals surface area contributed by atoms with Gasteiger partial charge in [-0.3, -0.25) is 4.79 Å². The summed E-state index contributed by atoms with van der Waals surface area (Å²) in [6.45, 7) is 0.638. The molecule has 0 fully saturated rings. The molecule has 1 aromatic rings. The van der Waals surface area contributed by atoms with Crippen LogP contribution < -0.4 is 5.32 Å². The van der Waals surface area contributed by atoms with Gasteiger partial charge in [0.15, 0.2) is 0 Å². The molecule has 0 atom stereocenters. The van der Waals surface area contributed by atoms with Crippen LogP contribution in [0.15, 0.2) is 12.1 Å². The topological polar surface area (TPSA) is 29.1 Å². The summed E-state index contributed by atoms with van der Waals surface area (Å²) in [5.74, 6) is 0.000231. The summed E-state index contributed by atoms with van der Waals surface area (Å²) >= 11 is 0. The van der Waals surface area contributed by atoms with E-state index >= 15 is 0 Å². The molecule has 0 radical (unpaired) electrons. The number of rotatable bonds is 0. The molecule has 0 bridgehead atoms. The van der Waals surface area contributed by atoms with E-state index in [1.807, 2.05) is 0 Å². The van der Waals surface area contributed by atoms with E-state index in [4.69, 9.17) is 0 Å². The highest BCUT2D eigenvalue weighted by atomic mass is 16.1. The maximum Gasteiger partial charge on any atom is 0.252 e. The second-order valence-corrected chi connectivity index (χ2v) is 2.20. The Balaban J connectivity index is 2.61. The molecule has 1 N–H and O–H groups in total. The van der Waals surface area contributed by atoms with Crippen molar-refractivity contribution < 1.29 is 4.79 Å². The summed E-state index contributed by atoms with van der Waals surface area (Å²) in [5.41, 5.74) is 1.75. The Hall–Kier alpha value is -1.49. The van der Waals surface area contributed by atoms with Gasteiger partial charge in [0.2, 0.25) is 0 Å². The van der Waals surface area contributed by atoms with Crippen LogP contribution in [0.2, 0.25) is 0 Å². The van der Waals surface area contributed by atoms with Crippen molar-refractivity contribution in [3.63, 3.8) is 0 Å². The number of amides is 1. The Bertz CT molecular complexity index is 280. The zero-order valence-electron chi connectivity index (χ0n) is 5.27. The molecule has 1 heterocycles. The van der Waals surface area contributed by atoms with E-state index in [2.05, 4.69) is 17.4 Å². The molecule has 0 saturated carbocycles. The molecule has 0 saturated heterocycles. The molecule has 1 aromatic carbocycles. The van der Waals surface area contributed by atoms with Gasteiger partial charge in [-0.05, 0) is 11.6 Å². The Labute approximate surface area is 58.9 Å². The Morgan fingerprint density at radius 3 is 3.00 bits per heavy atom. The van der Waals surface area contributed by atoms with Crippen molar-refractivity contribution in [2.45, 2.75) is 6.54 Å². The molecule has 2 heteroatoms. The van der Waals surface area contributed by atoms with Crippen LogP contribution in [0, 0.1) is 12.1 Å². The summed E-state index contributed by atoms with van der Waals surface area (Å²) < 4.78 is 0. The normalized spacial score (nSPS) is 13.8. The Morgan fingerprint density at radius 1 is 1.40 bits per heavy atom. The highest BCUT2D eigenvalue weighted by Crippen LogP contribution is 2.11. The fraction of sp³-hybridized carbons (Fsp3) is 0.125. The van der Waals surface area contributed by atoms with E-state index in [0.29, 0.717) is 6.54 Å². The number of nitrogens with one attached hydrogen (secondary N) is 1. The van der Waals surface area contributed by atoms with Crippen LogP contribution in [0.1, 0.15) is 15.9 Å². The Kier molecular flexibility index (Phi) is 0.925. The van der Waals surface area contributed by atoms with Gasteiger partial charge >= 0.3 is 0 Å². The van der Waals surface area contributed by atoms with Crippen molar-refractivity contribution in [1.29, 1.82) is 0 Å². The zero-order valence-corrected chi connectivity index (χ0v) is 5.27. The maximum absolute atomic E-state index is 10.9. The molecular weight excluding hydrogens is 126 g/mol. The first-order valence-electron chi connectivity index (χ1n) is 3.07. The van der Waals surface area contributed by atoms with Gasteiger partial charge in [0.05, 0.1) is 5.56 Å². The fourth-order valence-corrected chi connectivity index (χ4v) is 1.04. The molecule has 0 unspecified atom stereocenters. The molecule has 0 aromatic heterocycles. The van der Waals surface area contributed by atoms with Crippen molar-refractivity contribution >= 4 is 5.91 Å². The van der Waals surface area contributed by atoms with Gasteiger partial charge in [-0.15, -0.1) is 0 Å². The Morgan fingerprint density at radius 2 is 2.20 bits per heavy atom. The number of carbonyl (C=O) groups excluding carboxylic acids is 1. The minimum atomic E-state index is 0.000231. The summed E-state index contributed by atoms with van der Waals surface area (Å²) in [6.07, 6.45) is 0. The highest BCUT2D eigenvalue weighted by Gasteiger charge is 2.16. The van der Waals surface area contributed by atoms with E-state index in [1.54, 1.807) is 12.1 Å². The van der Waals surface area contributed by atoms with Gasteiger partial charge in [0.1, 0.15) is 0 Å². The molecule has 10 heavy (non-hydrogen) atoms. The quantitative estimate of drug-likeness (QED) is 0.546. The van der Waals surface area contributed by atoms with Crippen LogP contribution >= 0.6 is 0 Å². The monoisotopic (exact) mass is 131 g/mol. The number of fused-ring (bicyclic) bond motifs is 1. The SMILES string of the molecule is O=C1NCc2cc#ccc21. The number of hydrogen-bond donors (Lipinski definition) is 1. The summed E-state index contributed by atoms with van der Waals surface area (Å²) in [6, 6.07) is 8.98. The lowest BCUT2D eigenvalue weighted by Crippen LogP contribution is -2.12. The van der Waals surface area contributed by atoms with E-state index < -0.39 is 0 Å². The molecule has 2 rings (SSSR count). The van der Waals surface area contributed by atoms with Crippen molar-refractivity contribution in [1.82, 2.24) is 5.32 Å². The molecular formula is C8H5NO. The van der Waals surface area contributed by atoms with Crippen molar-refractivity contribution in [3.05, 3.63) is 35.4 Å². The van der Waals surface area contributed by atoms with Crippen molar-refractivity contribution in [2.24, 2.45) is 0 Å². The van der Waals surface area contributed by atoms with Crippen LogP contribution in [0.5, 0.6) is 0 Å². The van der Waals surface area contributed by atoms with Gasteiger partial charge in [-0.1, -0.05) is 12.1 Å². The third kappa shape index (κ3) is 0.577. The van der Waals surface area contributed by atoms with Gasteiger partial charge in [-0.2, -0.15) is 0 Å². The largest absolute Gasteiger partial charge is 0.348 e. The zero-order chi connectivity index (χ0) is 6.97. The van der Waals surface area contributed by atoms with E-state index in [9.17, 15) is 4.79 Å². The van der Waals surface area contributed by atoms with Crippen molar-refractivity contribution in [2.75, 3.05) is 0 Å². The first-order valence-corrected chi connectivity index (χ1v) is 3.07. The molecule has 0 spiro atoms. The molecule has 1 aliphatic heterocycles. The van der Waals surface area contributed by atoms with Gasteiger partial charge in [0, 0.05) is 12.6 Å². The predicted molar refractivity (Wildman–Crippen MR) is 35.3 cm³/mol. The van der Waals surface area contributed by atoms with Crippen LogP contribution in [0.25, 0.3) is 0 Å². The number of carbonyl (C=O) groups is 1. The highest BCUT2D eigenvalue weighted by molar-refractivity contribution is 5.97. The van der Waals surface area contributed by atoms with Gasteiger partial charge in [0.25, 0.3) is 5.91 Å². The van der Waals surface area contributed by atoms with Crippen molar-refractivity contribution in [3.8, 4) is 0 Å². The molecule has 2 nitrogen and oxygen atoms in total. The van der Waals surface area contributed by atoms with E-state index in [-0.39, 0.29) is 5.91 Å². The maximum atomic E-state index is 10.9. The average molecular weight is 131 g/mol. The smallest absolute Gasteiger partial charge is 0.252 e. The lowest BCUT2D eigenvalue weighted by molar-refractivity contribution is 0.0966. The lowest BCUT2D eigenvalue weighted by atomic mass is 10.1. The van der Waals surface area contributed by atoms with Gasteiger partial charge < -0.3 is 5.32 Å². The first kappa shape index (κ1) is 5.31. The summed E-state index contributed by atoms with van der Waals surface area (Å²) in [4.78, 5) is 10.9. The van der Waals surface area contributed by atoms with Crippen LogP contribution in [-0.2, 0) is 6.54 Å². The third-order valence-corrected chi connectivity index (χ3v) is 1.58. The van der Waals surface area contributed by atoms with Gasteiger partial charge in [-0.25, -0.2) is 0 Å². The molecule has 1 amide bonds. The summed E-state index contributed by atoms with van der Waals surface area (Å²) in [7, 11) is 0. The molecule has 1 aliphatic rings. The van der Waals surface area contributed by atoms with Crippen LogP contribution in [0.4, 0.5) is 0 Å². The lowest BCUT2D eigenvalue weighted by Gasteiger charge is -1.85. The van der Waals surface area contributed by atoms with E-state index in [1.165, 1.54) is 0 Å². The first-order chi connectivity index (χ1) is 4.88. The molecule has 48 valence electrons. The average Bonchev–Trinajstić information content (AvgIpc) is 2.34. The summed E-state index contributed by atoms with van der Waals surface area (Å²) in [5, 5.41) is 2.71. The molecule has 0 aliphatic carbocycles. The minimum Gasteiger partial charge on any atom is -0.348 e. The second kappa shape index (κ2) is 1.74. The minimum absolute atomic E-state index is 0.000231. The predicted octanol–water partition coefficient (Wildman–Crippen LogP) is 0.530. The van der Waals surface area contributed by atoms with Crippen LogP contribution in [-0.4, -0.2) is 5.91 Å². The standard InChI is InChI=1S/C8H5NO/c10-8-7-4-2-1-3-6(7)5-9-8/h3-4H,5H2,(H,9,10). The second-order valence-electron chi connectivity index (χ2n) is 2.20. The van der Waals surface area contributed by atoms with E-state index in [0.717, 1.165) is 11.1 Å². The van der Waals surface area contributed by atoms with Crippen LogP contribution in [0.3, 0.4) is 0 Å².